The van der Waals surface area contributed by atoms with Crippen LogP contribution in [0.1, 0.15) is 27.8 Å². The van der Waals surface area contributed by atoms with Gasteiger partial charge in [0.1, 0.15) is 0 Å². The molecule has 1 unspecified atom stereocenters. The number of aryl methyl sites for hydroxylation is 3. The summed E-state index contributed by atoms with van der Waals surface area (Å²) in [4.78, 5) is 8.92. The van der Waals surface area contributed by atoms with Gasteiger partial charge in [0.05, 0.1) is 0 Å². The van der Waals surface area contributed by atoms with Crippen molar-refractivity contribution in [3.8, 4) is 0 Å². The topological polar surface area (TPSA) is 51.8 Å². The van der Waals surface area contributed by atoms with Gasteiger partial charge in [0.15, 0.2) is 5.16 Å². The molecular formula is C15H19N3S. The molecule has 4 heteroatoms. The smallest absolute Gasteiger partial charge is 0.188 e. The molecule has 1 aromatic heterocycles. The molecule has 0 aliphatic carbocycles. The molecule has 2 rings (SSSR count). The lowest BCUT2D eigenvalue weighted by atomic mass is 10.1. The Hall–Kier alpha value is -1.39. The number of rotatable bonds is 4. The Morgan fingerprint density at radius 3 is 2.16 bits per heavy atom. The van der Waals surface area contributed by atoms with E-state index in [4.69, 9.17) is 5.73 Å². The van der Waals surface area contributed by atoms with E-state index in [2.05, 4.69) is 41.2 Å². The third kappa shape index (κ3) is 3.78. The molecule has 2 N–H and O–H groups in total. The van der Waals surface area contributed by atoms with Crippen LogP contribution >= 0.6 is 11.8 Å². The van der Waals surface area contributed by atoms with Gasteiger partial charge in [-0.1, -0.05) is 41.6 Å². The van der Waals surface area contributed by atoms with Crippen LogP contribution in [0.4, 0.5) is 0 Å². The van der Waals surface area contributed by atoms with Crippen LogP contribution in [0.3, 0.4) is 0 Å². The van der Waals surface area contributed by atoms with Crippen LogP contribution in [0.25, 0.3) is 0 Å². The van der Waals surface area contributed by atoms with E-state index >= 15 is 0 Å². The zero-order valence-corrected chi connectivity index (χ0v) is 12.4. The maximum Gasteiger partial charge on any atom is 0.188 e. The van der Waals surface area contributed by atoms with E-state index in [0.717, 1.165) is 16.5 Å². The van der Waals surface area contributed by atoms with Crippen molar-refractivity contribution in [3.05, 3.63) is 52.8 Å². The van der Waals surface area contributed by atoms with Crippen molar-refractivity contribution < 1.29 is 0 Å². The molecule has 0 spiro atoms. The van der Waals surface area contributed by atoms with Crippen molar-refractivity contribution >= 4 is 11.8 Å². The van der Waals surface area contributed by atoms with Crippen molar-refractivity contribution in [2.45, 2.75) is 31.2 Å². The summed E-state index contributed by atoms with van der Waals surface area (Å²) in [6.45, 7) is 6.63. The Morgan fingerprint density at radius 1 is 1.05 bits per heavy atom. The van der Waals surface area contributed by atoms with E-state index in [1.807, 2.05) is 19.9 Å². The van der Waals surface area contributed by atoms with Crippen molar-refractivity contribution in [2.24, 2.45) is 5.73 Å². The molecule has 0 aliphatic rings. The molecule has 3 nitrogen and oxygen atoms in total. The van der Waals surface area contributed by atoms with Gasteiger partial charge in [-0.15, -0.1) is 0 Å². The predicted octanol–water partition coefficient (Wildman–Crippen LogP) is 3.19. The summed E-state index contributed by atoms with van der Waals surface area (Å²) < 4.78 is 0. The summed E-state index contributed by atoms with van der Waals surface area (Å²) >= 11 is 1.63. The van der Waals surface area contributed by atoms with Gasteiger partial charge in [-0.3, -0.25) is 0 Å². The minimum absolute atomic E-state index is 0.196. The van der Waals surface area contributed by atoms with Gasteiger partial charge < -0.3 is 5.73 Å². The fraction of sp³-hybridized carbons (Fsp3) is 0.333. The lowest BCUT2D eigenvalue weighted by Crippen LogP contribution is -2.10. The minimum atomic E-state index is 0.196. The fourth-order valence-corrected chi connectivity index (χ4v) is 2.94. The first kappa shape index (κ1) is 14.0. The van der Waals surface area contributed by atoms with Crippen molar-refractivity contribution in [2.75, 3.05) is 6.54 Å². The molecule has 0 bridgehead atoms. The number of hydrogen-bond acceptors (Lipinski definition) is 4. The van der Waals surface area contributed by atoms with Crippen LogP contribution in [0.5, 0.6) is 0 Å². The Balaban J connectivity index is 2.21. The van der Waals surface area contributed by atoms with Crippen LogP contribution in [0, 0.1) is 20.8 Å². The molecule has 0 fully saturated rings. The highest BCUT2D eigenvalue weighted by atomic mass is 32.2. The second kappa shape index (κ2) is 6.17. The van der Waals surface area contributed by atoms with Crippen LogP contribution in [-0.2, 0) is 0 Å². The standard InChI is InChI=1S/C15H19N3S/c1-10-4-6-13(7-5-10)14(9-16)19-15-17-11(2)8-12(3)18-15/h4-8,14H,9,16H2,1-3H3. The number of nitrogens with zero attached hydrogens (tertiary/aromatic N) is 2. The van der Waals surface area contributed by atoms with Crippen molar-refractivity contribution in [3.63, 3.8) is 0 Å². The molecule has 0 aliphatic heterocycles. The maximum atomic E-state index is 5.89. The van der Waals surface area contributed by atoms with Gasteiger partial charge in [-0.25, -0.2) is 9.97 Å². The lowest BCUT2D eigenvalue weighted by molar-refractivity contribution is 0.877. The highest BCUT2D eigenvalue weighted by Gasteiger charge is 2.13. The number of aromatic nitrogens is 2. The average molecular weight is 273 g/mol. The van der Waals surface area contributed by atoms with Crippen LogP contribution in [-0.4, -0.2) is 16.5 Å². The fourth-order valence-electron chi connectivity index (χ4n) is 1.91. The van der Waals surface area contributed by atoms with Gasteiger partial charge >= 0.3 is 0 Å². The lowest BCUT2D eigenvalue weighted by Gasteiger charge is -2.14. The van der Waals surface area contributed by atoms with Gasteiger partial charge in [0, 0.05) is 23.2 Å². The number of nitrogens with two attached hydrogens (primary N) is 1. The van der Waals surface area contributed by atoms with Crippen LogP contribution in [0.2, 0.25) is 0 Å². The Morgan fingerprint density at radius 2 is 1.63 bits per heavy atom. The number of benzene rings is 1. The molecule has 2 aromatic rings. The van der Waals surface area contributed by atoms with Crippen molar-refractivity contribution in [1.82, 2.24) is 9.97 Å². The minimum Gasteiger partial charge on any atom is -0.329 e. The van der Waals surface area contributed by atoms with E-state index in [9.17, 15) is 0 Å². The van der Waals surface area contributed by atoms with Gasteiger partial charge in [0.2, 0.25) is 0 Å². The third-order valence-electron chi connectivity index (χ3n) is 2.87. The SMILES string of the molecule is Cc1ccc(C(CN)Sc2nc(C)cc(C)n2)cc1. The van der Waals surface area contributed by atoms with E-state index in [1.165, 1.54) is 11.1 Å². The predicted molar refractivity (Wildman–Crippen MR) is 80.3 cm³/mol. The largest absolute Gasteiger partial charge is 0.329 e. The molecule has 1 heterocycles. The second-order valence-electron chi connectivity index (χ2n) is 4.69. The maximum absolute atomic E-state index is 5.89. The second-order valence-corrected chi connectivity index (χ2v) is 5.86. The van der Waals surface area contributed by atoms with Crippen LogP contribution < -0.4 is 5.73 Å². The first-order chi connectivity index (χ1) is 9.08. The summed E-state index contributed by atoms with van der Waals surface area (Å²) in [5.74, 6) is 0. The molecular weight excluding hydrogens is 254 g/mol. The molecule has 1 aromatic carbocycles. The van der Waals surface area contributed by atoms with Gasteiger partial charge in [0.25, 0.3) is 0 Å². The normalized spacial score (nSPS) is 12.4. The summed E-state index contributed by atoms with van der Waals surface area (Å²) in [6, 6.07) is 10.5. The number of hydrogen-bond donors (Lipinski definition) is 1. The molecule has 100 valence electrons. The quantitative estimate of drug-likeness (QED) is 0.686. The van der Waals surface area contributed by atoms with Crippen molar-refractivity contribution in [1.29, 1.82) is 0 Å². The average Bonchev–Trinajstić information content (AvgIpc) is 2.36. The highest BCUT2D eigenvalue weighted by molar-refractivity contribution is 7.99. The van der Waals surface area contributed by atoms with E-state index in [-0.39, 0.29) is 5.25 Å². The molecule has 0 amide bonds. The van der Waals surface area contributed by atoms with E-state index < -0.39 is 0 Å². The Bertz CT molecular complexity index is 532. The monoisotopic (exact) mass is 273 g/mol. The summed E-state index contributed by atoms with van der Waals surface area (Å²) in [6.07, 6.45) is 0. The molecule has 0 saturated carbocycles. The zero-order valence-electron chi connectivity index (χ0n) is 11.6. The van der Waals surface area contributed by atoms with E-state index in [1.54, 1.807) is 11.8 Å². The van der Waals surface area contributed by atoms with Crippen LogP contribution in [0.15, 0.2) is 35.5 Å². The number of thioether (sulfide) groups is 1. The molecule has 0 radical (unpaired) electrons. The van der Waals surface area contributed by atoms with Gasteiger partial charge in [-0.2, -0.15) is 0 Å². The molecule has 19 heavy (non-hydrogen) atoms. The summed E-state index contributed by atoms with van der Waals surface area (Å²) in [5, 5.41) is 0.996. The molecule has 1 atom stereocenters. The first-order valence-corrected chi connectivity index (χ1v) is 7.22. The molecule has 0 saturated heterocycles. The zero-order chi connectivity index (χ0) is 13.8. The first-order valence-electron chi connectivity index (χ1n) is 6.34. The van der Waals surface area contributed by atoms with Gasteiger partial charge in [-0.05, 0) is 32.4 Å². The summed E-state index contributed by atoms with van der Waals surface area (Å²) in [5.41, 5.74) is 10.4. The highest BCUT2D eigenvalue weighted by Crippen LogP contribution is 2.32. The van der Waals surface area contributed by atoms with E-state index in [0.29, 0.717) is 6.54 Å². The third-order valence-corrected chi connectivity index (χ3v) is 4.02. The Kier molecular flexibility index (Phi) is 4.56. The Labute approximate surface area is 118 Å². The summed E-state index contributed by atoms with van der Waals surface area (Å²) in [7, 11) is 0.